The summed E-state index contributed by atoms with van der Waals surface area (Å²) in [6.07, 6.45) is 3.63. The molecule has 0 radical (unpaired) electrons. The molecule has 4 nitrogen and oxygen atoms in total. The lowest BCUT2D eigenvalue weighted by Crippen LogP contribution is -2.40. The summed E-state index contributed by atoms with van der Waals surface area (Å²) in [4.78, 5) is 0. The number of rotatable bonds is 7. The monoisotopic (exact) mass is 216 g/mol. The highest BCUT2D eigenvalue weighted by molar-refractivity contribution is 5.06. The molecule has 4 atom stereocenters. The van der Waals surface area contributed by atoms with Crippen molar-refractivity contribution in [2.45, 2.75) is 50.3 Å². The van der Waals surface area contributed by atoms with Crippen molar-refractivity contribution in [1.82, 2.24) is 0 Å². The molecule has 2 heterocycles. The molecule has 2 aliphatic heterocycles. The Labute approximate surface area is 90.8 Å². The van der Waals surface area contributed by atoms with Crippen molar-refractivity contribution in [3.63, 3.8) is 0 Å². The summed E-state index contributed by atoms with van der Waals surface area (Å²) in [6.45, 7) is 2.93. The van der Waals surface area contributed by atoms with Crippen molar-refractivity contribution >= 4 is 0 Å². The van der Waals surface area contributed by atoms with Gasteiger partial charge in [0.05, 0.1) is 6.61 Å². The Kier molecular flexibility index (Phi) is 3.30. The summed E-state index contributed by atoms with van der Waals surface area (Å²) < 4.78 is 21.9. The first-order chi connectivity index (χ1) is 7.28. The molecule has 0 aromatic carbocycles. The molecule has 0 bridgehead atoms. The van der Waals surface area contributed by atoms with Gasteiger partial charge in [-0.25, -0.2) is 0 Å². The van der Waals surface area contributed by atoms with E-state index in [-0.39, 0.29) is 18.3 Å². The number of ether oxygens (including phenoxy) is 4. The first-order valence-corrected chi connectivity index (χ1v) is 5.65. The topological polar surface area (TPSA) is 43.5 Å². The van der Waals surface area contributed by atoms with Crippen LogP contribution in [0, 0.1) is 0 Å². The highest BCUT2D eigenvalue weighted by Gasteiger charge is 2.66. The fourth-order valence-electron chi connectivity index (χ4n) is 2.19. The lowest BCUT2D eigenvalue weighted by molar-refractivity contribution is -0.120. The highest BCUT2D eigenvalue weighted by Crippen LogP contribution is 2.47. The van der Waals surface area contributed by atoms with Crippen LogP contribution in [0.3, 0.4) is 0 Å². The molecule has 0 spiro atoms. The van der Waals surface area contributed by atoms with Gasteiger partial charge in [-0.1, -0.05) is 19.8 Å². The minimum atomic E-state index is -0.537. The Morgan fingerprint density at radius 3 is 2.67 bits per heavy atom. The van der Waals surface area contributed by atoms with Gasteiger partial charge in [-0.3, -0.25) is 0 Å². The number of methoxy groups -OCH3 is 2. The van der Waals surface area contributed by atoms with Crippen LogP contribution in [0.25, 0.3) is 0 Å². The van der Waals surface area contributed by atoms with E-state index >= 15 is 0 Å². The number of hydrogen-bond donors (Lipinski definition) is 0. The number of unbranched alkanes of at least 4 members (excludes halogenated alkanes) is 1. The van der Waals surface area contributed by atoms with Gasteiger partial charge in [-0.15, -0.1) is 0 Å². The zero-order valence-electron chi connectivity index (χ0n) is 9.69. The molecule has 0 N–H and O–H groups in total. The van der Waals surface area contributed by atoms with E-state index in [1.165, 1.54) is 6.42 Å². The molecule has 2 rings (SSSR count). The van der Waals surface area contributed by atoms with E-state index in [1.54, 1.807) is 14.2 Å². The van der Waals surface area contributed by atoms with Gasteiger partial charge in [0.2, 0.25) is 5.79 Å². The molecule has 2 aliphatic rings. The fraction of sp³-hybridized carbons (Fsp3) is 1.00. The summed E-state index contributed by atoms with van der Waals surface area (Å²) in [6, 6.07) is 0. The van der Waals surface area contributed by atoms with Crippen molar-refractivity contribution in [2.24, 2.45) is 0 Å². The Bertz CT molecular complexity index is 217. The third-order valence-electron chi connectivity index (χ3n) is 3.20. The van der Waals surface area contributed by atoms with E-state index in [0.29, 0.717) is 0 Å². The largest absolute Gasteiger partial charge is 0.373 e. The first-order valence-electron chi connectivity index (χ1n) is 5.65. The molecule has 0 aromatic rings. The van der Waals surface area contributed by atoms with Crippen LogP contribution in [-0.4, -0.2) is 44.9 Å². The Morgan fingerprint density at radius 2 is 2.20 bits per heavy atom. The van der Waals surface area contributed by atoms with Crippen LogP contribution in [0.4, 0.5) is 0 Å². The van der Waals surface area contributed by atoms with Gasteiger partial charge in [-0.05, 0) is 6.42 Å². The predicted molar refractivity (Wildman–Crippen MR) is 54.7 cm³/mol. The van der Waals surface area contributed by atoms with Gasteiger partial charge in [0, 0.05) is 14.2 Å². The van der Waals surface area contributed by atoms with E-state index in [4.69, 9.17) is 18.9 Å². The lowest BCUT2D eigenvalue weighted by atomic mass is 10.0. The van der Waals surface area contributed by atoms with Crippen LogP contribution in [0.1, 0.15) is 26.2 Å². The van der Waals surface area contributed by atoms with E-state index in [9.17, 15) is 0 Å². The van der Waals surface area contributed by atoms with Gasteiger partial charge >= 0.3 is 0 Å². The van der Waals surface area contributed by atoms with Gasteiger partial charge in [0.15, 0.2) is 0 Å². The van der Waals surface area contributed by atoms with Crippen molar-refractivity contribution in [1.29, 1.82) is 0 Å². The molecule has 4 heteroatoms. The number of epoxide rings is 2. The van der Waals surface area contributed by atoms with Crippen molar-refractivity contribution in [2.75, 3.05) is 20.8 Å². The summed E-state index contributed by atoms with van der Waals surface area (Å²) in [5.41, 5.74) is 0. The second-order valence-electron chi connectivity index (χ2n) is 4.20. The molecule has 2 saturated heterocycles. The smallest absolute Gasteiger partial charge is 0.224 e. The third-order valence-corrected chi connectivity index (χ3v) is 3.20. The van der Waals surface area contributed by atoms with Crippen molar-refractivity contribution in [3.8, 4) is 0 Å². The molecule has 2 fully saturated rings. The molecular weight excluding hydrogens is 196 g/mol. The Hall–Kier alpha value is -0.160. The zero-order valence-corrected chi connectivity index (χ0v) is 9.69. The SMILES string of the molecule is CCCCC1OC1(OC)C(OC)C1CO1. The maximum Gasteiger partial charge on any atom is 0.224 e. The van der Waals surface area contributed by atoms with Gasteiger partial charge in [0.1, 0.15) is 18.3 Å². The van der Waals surface area contributed by atoms with Gasteiger partial charge in [-0.2, -0.15) is 0 Å². The van der Waals surface area contributed by atoms with Gasteiger partial charge < -0.3 is 18.9 Å². The molecule has 88 valence electrons. The first kappa shape index (κ1) is 11.3. The van der Waals surface area contributed by atoms with Crippen LogP contribution >= 0.6 is 0 Å². The van der Waals surface area contributed by atoms with Gasteiger partial charge in [0.25, 0.3) is 0 Å². The van der Waals surface area contributed by atoms with E-state index in [1.807, 2.05) is 0 Å². The van der Waals surface area contributed by atoms with Crippen LogP contribution in [0.15, 0.2) is 0 Å². The molecular formula is C11H20O4. The average Bonchev–Trinajstić information content (AvgIpc) is 3.12. The second-order valence-corrected chi connectivity index (χ2v) is 4.20. The minimum Gasteiger partial charge on any atom is -0.373 e. The van der Waals surface area contributed by atoms with Crippen LogP contribution in [0.2, 0.25) is 0 Å². The average molecular weight is 216 g/mol. The third kappa shape index (κ3) is 2.04. The molecule has 0 saturated carbocycles. The summed E-state index contributed by atoms with van der Waals surface area (Å²) in [5, 5.41) is 0. The maximum absolute atomic E-state index is 5.68. The molecule has 0 amide bonds. The predicted octanol–water partition coefficient (Wildman–Crippen LogP) is 1.33. The Morgan fingerprint density at radius 1 is 1.47 bits per heavy atom. The summed E-state index contributed by atoms with van der Waals surface area (Å²) >= 11 is 0. The summed E-state index contributed by atoms with van der Waals surface area (Å²) in [5.74, 6) is -0.537. The highest BCUT2D eigenvalue weighted by atomic mass is 16.8. The fourth-order valence-corrected chi connectivity index (χ4v) is 2.19. The van der Waals surface area contributed by atoms with E-state index in [0.717, 1.165) is 19.4 Å². The van der Waals surface area contributed by atoms with Crippen LogP contribution in [0.5, 0.6) is 0 Å². The van der Waals surface area contributed by atoms with E-state index in [2.05, 4.69) is 6.92 Å². The lowest BCUT2D eigenvalue weighted by Gasteiger charge is -2.20. The van der Waals surface area contributed by atoms with E-state index < -0.39 is 5.79 Å². The zero-order chi connectivity index (χ0) is 10.9. The Balaban J connectivity index is 1.91. The van der Waals surface area contributed by atoms with Crippen molar-refractivity contribution in [3.05, 3.63) is 0 Å². The minimum absolute atomic E-state index is 0.0793. The van der Waals surface area contributed by atoms with Crippen LogP contribution < -0.4 is 0 Å². The molecule has 15 heavy (non-hydrogen) atoms. The molecule has 0 aliphatic carbocycles. The quantitative estimate of drug-likeness (QED) is 0.602. The van der Waals surface area contributed by atoms with Crippen LogP contribution in [-0.2, 0) is 18.9 Å². The normalized spacial score (nSPS) is 40.2. The van der Waals surface area contributed by atoms with Crippen molar-refractivity contribution < 1.29 is 18.9 Å². The maximum atomic E-state index is 5.68. The summed E-state index contributed by atoms with van der Waals surface area (Å²) in [7, 11) is 3.37. The standard InChI is InChI=1S/C11H20O4/c1-4-5-6-9-11(13-3,15-9)10(12-2)8-7-14-8/h8-10H,4-7H2,1-3H3. The molecule has 4 unspecified atom stereocenters. The second kappa shape index (κ2) is 4.37. The number of hydrogen-bond acceptors (Lipinski definition) is 4. The molecule has 0 aromatic heterocycles.